The predicted molar refractivity (Wildman–Crippen MR) is 171 cm³/mol. The van der Waals surface area contributed by atoms with Crippen LogP contribution in [0.4, 0.5) is 0 Å². The average molecular weight is 623 g/mol. The highest BCUT2D eigenvalue weighted by atomic mass is 16.6. The molecule has 1 saturated carbocycles. The van der Waals surface area contributed by atoms with Gasteiger partial charge in [-0.15, -0.1) is 0 Å². The number of aliphatic hydroxyl groups is 1. The van der Waals surface area contributed by atoms with E-state index in [2.05, 4.69) is 31.2 Å². The summed E-state index contributed by atoms with van der Waals surface area (Å²) in [7, 11) is 4.68. The fourth-order valence-electron chi connectivity index (χ4n) is 8.17. The number of aliphatic hydroxyl groups excluding tert-OH is 1. The van der Waals surface area contributed by atoms with E-state index in [1.54, 1.807) is 14.0 Å². The number of ether oxygens (including phenoxy) is 5. The van der Waals surface area contributed by atoms with Crippen LogP contribution in [0.1, 0.15) is 77.7 Å². The number of benzene rings is 1. The largest absolute Gasteiger partial charge is 0.498 e. The molecule has 2 fully saturated rings. The molecule has 1 aliphatic heterocycles. The van der Waals surface area contributed by atoms with E-state index in [0.717, 1.165) is 49.0 Å². The summed E-state index contributed by atoms with van der Waals surface area (Å²) in [6.45, 7) is 5.83. The molecule has 3 unspecified atom stereocenters. The summed E-state index contributed by atoms with van der Waals surface area (Å²) in [6.07, 6.45) is 8.92. The van der Waals surface area contributed by atoms with Gasteiger partial charge in [0.2, 0.25) is 6.29 Å². The molecule has 8 nitrogen and oxygen atoms in total. The maximum absolute atomic E-state index is 14.0. The average Bonchev–Trinajstić information content (AvgIpc) is 3.62. The number of rotatable bonds is 8. The fourth-order valence-corrected chi connectivity index (χ4v) is 8.17. The normalized spacial score (nSPS) is 33.1. The molecule has 3 aliphatic carbocycles. The Morgan fingerprint density at radius 1 is 0.956 bits per heavy atom. The maximum atomic E-state index is 14.0. The zero-order chi connectivity index (χ0) is 32.2. The van der Waals surface area contributed by atoms with E-state index in [1.165, 1.54) is 19.8 Å². The lowest BCUT2D eigenvalue weighted by atomic mass is 9.66. The Bertz CT molecular complexity index is 1310. The third kappa shape index (κ3) is 7.02. The van der Waals surface area contributed by atoms with E-state index in [9.17, 15) is 14.7 Å². The van der Waals surface area contributed by atoms with Crippen LogP contribution in [-0.2, 0) is 28.5 Å². The Morgan fingerprint density at radius 3 is 2.33 bits per heavy atom. The van der Waals surface area contributed by atoms with Gasteiger partial charge in [-0.2, -0.15) is 0 Å². The number of esters is 1. The van der Waals surface area contributed by atoms with Gasteiger partial charge in [-0.1, -0.05) is 44.6 Å². The van der Waals surface area contributed by atoms with Gasteiger partial charge in [0.1, 0.15) is 17.6 Å². The monoisotopic (exact) mass is 622 g/mol. The number of cyclic esters (lactones) is 1. The highest BCUT2D eigenvalue weighted by Gasteiger charge is 2.52. The highest BCUT2D eigenvalue weighted by Crippen LogP contribution is 2.58. The van der Waals surface area contributed by atoms with Crippen LogP contribution in [0.3, 0.4) is 0 Å². The Kier molecular flexibility index (Phi) is 10.8. The van der Waals surface area contributed by atoms with E-state index in [-0.39, 0.29) is 71.6 Å². The Hall–Kier alpha value is -3.10. The Balaban J connectivity index is 1.52. The summed E-state index contributed by atoms with van der Waals surface area (Å²) in [5.41, 5.74) is 3.08. The Labute approximate surface area is 267 Å². The summed E-state index contributed by atoms with van der Waals surface area (Å²) in [6, 6.07) is 8.09. The lowest BCUT2D eigenvalue weighted by Crippen LogP contribution is -2.32. The van der Waals surface area contributed by atoms with Gasteiger partial charge in [-0.25, -0.2) is 0 Å². The van der Waals surface area contributed by atoms with Crippen molar-refractivity contribution < 1.29 is 38.4 Å². The van der Waals surface area contributed by atoms with Crippen molar-refractivity contribution in [2.24, 2.45) is 35.5 Å². The van der Waals surface area contributed by atoms with Gasteiger partial charge in [-0.05, 0) is 98.0 Å². The third-order valence-corrected chi connectivity index (χ3v) is 10.6. The molecule has 9 atom stereocenters. The fraction of sp³-hybridized carbons (Fsp3) is 0.622. The molecule has 0 bridgehead atoms. The molecule has 1 N–H and O–H groups in total. The first kappa shape index (κ1) is 33.3. The van der Waals surface area contributed by atoms with Crippen LogP contribution in [0, 0.1) is 35.5 Å². The summed E-state index contributed by atoms with van der Waals surface area (Å²) in [4.78, 5) is 27.4. The molecule has 0 spiro atoms. The number of carbonyl (C=O) groups is 2. The van der Waals surface area contributed by atoms with E-state index < -0.39 is 6.29 Å². The van der Waals surface area contributed by atoms with Crippen LogP contribution in [0.2, 0.25) is 0 Å². The summed E-state index contributed by atoms with van der Waals surface area (Å²) in [5.74, 6) is 1.50. The molecule has 1 saturated heterocycles. The first-order valence-electron chi connectivity index (χ1n) is 16.6. The van der Waals surface area contributed by atoms with Crippen LogP contribution >= 0.6 is 0 Å². The van der Waals surface area contributed by atoms with Crippen LogP contribution in [0.15, 0.2) is 53.5 Å². The van der Waals surface area contributed by atoms with Gasteiger partial charge in [0.05, 0.1) is 33.9 Å². The summed E-state index contributed by atoms with van der Waals surface area (Å²) in [5, 5.41) is 11.0. The minimum Gasteiger partial charge on any atom is -0.498 e. The number of fused-ring (bicyclic) bond motifs is 5. The van der Waals surface area contributed by atoms with E-state index in [1.807, 2.05) is 19.1 Å². The number of allylic oxidation sites excluding steroid dienone is 5. The molecule has 5 rings (SSSR count). The molecule has 45 heavy (non-hydrogen) atoms. The zero-order valence-corrected chi connectivity index (χ0v) is 27.6. The lowest BCUT2D eigenvalue weighted by Gasteiger charge is -2.38. The minimum absolute atomic E-state index is 0.0149. The second-order valence-electron chi connectivity index (χ2n) is 13.2. The van der Waals surface area contributed by atoms with Gasteiger partial charge < -0.3 is 28.8 Å². The van der Waals surface area contributed by atoms with Gasteiger partial charge in [-0.3, -0.25) is 9.59 Å². The number of hydrogen-bond acceptors (Lipinski definition) is 8. The predicted octanol–water partition coefficient (Wildman–Crippen LogP) is 6.63. The smallest absolute Gasteiger partial charge is 0.306 e. The number of carbonyl (C=O) groups excluding carboxylic acids is 2. The second-order valence-corrected chi connectivity index (χ2v) is 13.2. The Morgan fingerprint density at radius 2 is 1.67 bits per heavy atom. The second kappa shape index (κ2) is 14.5. The van der Waals surface area contributed by atoms with Gasteiger partial charge in [0.15, 0.2) is 11.5 Å². The van der Waals surface area contributed by atoms with Crippen molar-refractivity contribution >= 4 is 17.3 Å². The van der Waals surface area contributed by atoms with Crippen molar-refractivity contribution in [2.45, 2.75) is 90.6 Å². The highest BCUT2D eigenvalue weighted by molar-refractivity contribution is 5.99. The van der Waals surface area contributed by atoms with Crippen LogP contribution in [0.5, 0.6) is 5.75 Å². The SMILES string of the molecule is CC[C@H]1CCCC[C@@H](C)C(=O)C2=CC3C(C=C(c4ccc(OC)cc4)C4C[C@@H](O[C@H](O)/C(OC)=C(/C)OC)C[C@H]43)[C@@H]2CC(=O)O1. The number of hydrogen-bond donors (Lipinski definition) is 1. The molecule has 246 valence electrons. The topological polar surface area (TPSA) is 101 Å². The summed E-state index contributed by atoms with van der Waals surface area (Å²) < 4.78 is 28.4. The maximum Gasteiger partial charge on any atom is 0.306 e. The van der Waals surface area contributed by atoms with Gasteiger partial charge in [0.25, 0.3) is 0 Å². The van der Waals surface area contributed by atoms with Crippen molar-refractivity contribution in [1.29, 1.82) is 0 Å². The third-order valence-electron chi connectivity index (χ3n) is 10.6. The quantitative estimate of drug-likeness (QED) is 0.196. The molecule has 0 aromatic heterocycles. The summed E-state index contributed by atoms with van der Waals surface area (Å²) >= 11 is 0. The van der Waals surface area contributed by atoms with E-state index >= 15 is 0 Å². The first-order chi connectivity index (χ1) is 21.7. The van der Waals surface area contributed by atoms with Crippen molar-refractivity contribution in [1.82, 2.24) is 0 Å². The molecular formula is C37H50O8. The van der Waals surface area contributed by atoms with Crippen LogP contribution < -0.4 is 4.74 Å². The molecule has 0 amide bonds. The van der Waals surface area contributed by atoms with Crippen molar-refractivity contribution in [3.63, 3.8) is 0 Å². The van der Waals surface area contributed by atoms with Crippen molar-refractivity contribution in [3.8, 4) is 5.75 Å². The van der Waals surface area contributed by atoms with Gasteiger partial charge >= 0.3 is 5.97 Å². The number of Topliss-reactive ketones (excluding diaryl/α,β-unsaturated/α-hetero) is 1. The van der Waals surface area contributed by atoms with E-state index in [4.69, 9.17) is 23.7 Å². The molecule has 1 aromatic carbocycles. The van der Waals surface area contributed by atoms with Crippen molar-refractivity contribution in [2.75, 3.05) is 21.3 Å². The molecule has 8 heteroatoms. The first-order valence-corrected chi connectivity index (χ1v) is 16.6. The number of methoxy groups -OCH3 is 3. The molecule has 1 heterocycles. The molecule has 4 aliphatic rings. The van der Waals surface area contributed by atoms with E-state index in [0.29, 0.717) is 18.6 Å². The molecular weight excluding hydrogens is 572 g/mol. The van der Waals surface area contributed by atoms with Gasteiger partial charge in [0, 0.05) is 11.8 Å². The molecule has 0 radical (unpaired) electrons. The van der Waals surface area contributed by atoms with Crippen molar-refractivity contribution in [3.05, 3.63) is 59.1 Å². The molecule has 1 aromatic rings. The van der Waals surface area contributed by atoms with Crippen LogP contribution in [0.25, 0.3) is 5.57 Å². The lowest BCUT2D eigenvalue weighted by molar-refractivity contribution is -0.151. The zero-order valence-electron chi connectivity index (χ0n) is 27.6. The standard InChI is InChI=1S/C37H50O8/c1-7-24-11-9-8-10-21(2)35(39)33-19-31-29-17-26(45-37(40)36(43-6)22(3)41-4)16-28(29)27(23-12-14-25(42-5)15-13-23)18-30(31)32(33)20-34(38)44-24/h12-15,18-19,21,24,26,28-32,37,40H,7-11,16-17,20H2,1-6H3/b36-22+/t21-,24+,26-,28?,29-,30?,31?,32+,37+/m1/s1. The van der Waals surface area contributed by atoms with Crippen LogP contribution in [-0.4, -0.2) is 56.7 Å². The number of ketones is 1. The minimum atomic E-state index is -1.26.